The van der Waals surface area contributed by atoms with E-state index in [2.05, 4.69) is 0 Å². The Bertz CT molecular complexity index is 512. The molecule has 0 aliphatic carbocycles. The molecule has 1 aromatic rings. The molecule has 1 fully saturated rings. The van der Waals surface area contributed by atoms with Crippen molar-refractivity contribution >= 4 is 17.7 Å². The van der Waals surface area contributed by atoms with Crippen molar-refractivity contribution in [2.75, 3.05) is 31.2 Å². The second-order valence-corrected chi connectivity index (χ2v) is 4.90. The highest BCUT2D eigenvalue weighted by atomic mass is 16.6. The molecular weight excluding hydrogens is 276 g/mol. The first kappa shape index (κ1) is 15.4. The minimum absolute atomic E-state index is 0.00115. The standard InChI is InChI=1S/C14H18N2O5/c17-7-8-21-12-3-5-15(6-4-12)13-2-1-11(10-18)9-14(13)16(19)20/h1-2,9-10,12,17H,3-8H2. The summed E-state index contributed by atoms with van der Waals surface area (Å²) in [4.78, 5) is 23.4. The van der Waals surface area contributed by atoms with Crippen LogP contribution in [0.2, 0.25) is 0 Å². The van der Waals surface area contributed by atoms with Crippen molar-refractivity contribution in [3.8, 4) is 0 Å². The molecule has 0 saturated carbocycles. The summed E-state index contributed by atoms with van der Waals surface area (Å²) in [6, 6.07) is 4.51. The van der Waals surface area contributed by atoms with Gasteiger partial charge in [-0.25, -0.2) is 0 Å². The molecule has 0 atom stereocenters. The average Bonchev–Trinajstić information content (AvgIpc) is 2.52. The molecule has 0 unspecified atom stereocenters. The molecular formula is C14H18N2O5. The minimum Gasteiger partial charge on any atom is -0.394 e. The van der Waals surface area contributed by atoms with Gasteiger partial charge in [0.1, 0.15) is 12.0 Å². The van der Waals surface area contributed by atoms with Gasteiger partial charge in [-0.15, -0.1) is 0 Å². The van der Waals surface area contributed by atoms with E-state index in [0.717, 1.165) is 12.8 Å². The quantitative estimate of drug-likeness (QED) is 0.484. The van der Waals surface area contributed by atoms with Crippen LogP contribution in [0.25, 0.3) is 0 Å². The molecule has 1 N–H and O–H groups in total. The van der Waals surface area contributed by atoms with Crippen molar-refractivity contribution in [3.05, 3.63) is 33.9 Å². The van der Waals surface area contributed by atoms with Gasteiger partial charge in [0.25, 0.3) is 5.69 Å². The summed E-state index contributed by atoms with van der Waals surface area (Å²) >= 11 is 0. The SMILES string of the molecule is O=Cc1ccc(N2CCC(OCCO)CC2)c([N+](=O)[O-])c1. The van der Waals surface area contributed by atoms with Gasteiger partial charge in [0.2, 0.25) is 0 Å². The number of ether oxygens (including phenoxy) is 1. The maximum atomic E-state index is 11.1. The van der Waals surface area contributed by atoms with Gasteiger partial charge in [-0.3, -0.25) is 14.9 Å². The molecule has 2 rings (SSSR count). The summed E-state index contributed by atoms with van der Waals surface area (Å²) in [6.07, 6.45) is 2.20. The molecule has 7 nitrogen and oxygen atoms in total. The number of benzene rings is 1. The molecule has 1 aliphatic rings. The van der Waals surface area contributed by atoms with Crippen molar-refractivity contribution in [1.82, 2.24) is 0 Å². The minimum atomic E-state index is -0.462. The number of aliphatic hydroxyl groups is 1. The van der Waals surface area contributed by atoms with Crippen LogP contribution in [0.1, 0.15) is 23.2 Å². The zero-order chi connectivity index (χ0) is 15.2. The third-order valence-corrected chi connectivity index (χ3v) is 3.56. The van der Waals surface area contributed by atoms with Gasteiger partial charge in [-0.2, -0.15) is 0 Å². The maximum absolute atomic E-state index is 11.1. The highest BCUT2D eigenvalue weighted by Gasteiger charge is 2.25. The third kappa shape index (κ3) is 3.77. The van der Waals surface area contributed by atoms with Crippen molar-refractivity contribution in [2.45, 2.75) is 18.9 Å². The lowest BCUT2D eigenvalue weighted by Gasteiger charge is -2.33. The molecule has 1 aliphatic heterocycles. The number of aldehydes is 1. The van der Waals surface area contributed by atoms with Crippen molar-refractivity contribution in [2.24, 2.45) is 0 Å². The maximum Gasteiger partial charge on any atom is 0.293 e. The number of nitro groups is 1. The van der Waals surface area contributed by atoms with Crippen LogP contribution in [0.3, 0.4) is 0 Å². The number of carbonyl (C=O) groups is 1. The molecule has 1 heterocycles. The Morgan fingerprint density at radius 2 is 2.14 bits per heavy atom. The van der Waals surface area contributed by atoms with Gasteiger partial charge in [0.05, 0.1) is 24.2 Å². The fourth-order valence-electron chi connectivity index (χ4n) is 2.51. The van der Waals surface area contributed by atoms with E-state index in [4.69, 9.17) is 9.84 Å². The highest BCUT2D eigenvalue weighted by Crippen LogP contribution is 2.31. The van der Waals surface area contributed by atoms with Gasteiger partial charge in [-0.1, -0.05) is 0 Å². The lowest BCUT2D eigenvalue weighted by atomic mass is 10.1. The molecule has 7 heteroatoms. The summed E-state index contributed by atoms with van der Waals surface area (Å²) in [7, 11) is 0. The number of hydrogen-bond acceptors (Lipinski definition) is 6. The molecule has 0 aromatic heterocycles. The van der Waals surface area contributed by atoms with E-state index < -0.39 is 4.92 Å². The van der Waals surface area contributed by atoms with E-state index in [9.17, 15) is 14.9 Å². The van der Waals surface area contributed by atoms with Crippen molar-refractivity contribution in [3.63, 3.8) is 0 Å². The van der Waals surface area contributed by atoms with Gasteiger partial charge < -0.3 is 14.7 Å². The summed E-state index contributed by atoms with van der Waals surface area (Å²) < 4.78 is 5.47. The van der Waals surface area contributed by atoms with E-state index in [-0.39, 0.29) is 18.4 Å². The zero-order valence-corrected chi connectivity index (χ0v) is 11.6. The van der Waals surface area contributed by atoms with Crippen LogP contribution in [-0.2, 0) is 4.74 Å². The second kappa shape index (κ2) is 7.14. The molecule has 1 aromatic carbocycles. The Labute approximate surface area is 122 Å². The fraction of sp³-hybridized carbons (Fsp3) is 0.500. The summed E-state index contributed by atoms with van der Waals surface area (Å²) in [5.74, 6) is 0. The molecule has 0 bridgehead atoms. The van der Waals surface area contributed by atoms with Gasteiger partial charge >= 0.3 is 0 Å². The number of aliphatic hydroxyl groups excluding tert-OH is 1. The van der Waals surface area contributed by atoms with Crippen LogP contribution < -0.4 is 4.90 Å². The Balaban J connectivity index is 2.09. The van der Waals surface area contributed by atoms with E-state index in [0.29, 0.717) is 37.2 Å². The largest absolute Gasteiger partial charge is 0.394 e. The summed E-state index contributed by atoms with van der Waals surface area (Å²) in [5, 5.41) is 19.9. The van der Waals surface area contributed by atoms with E-state index in [1.165, 1.54) is 6.07 Å². The molecule has 1 saturated heterocycles. The second-order valence-electron chi connectivity index (χ2n) is 4.90. The number of nitro benzene ring substituents is 1. The summed E-state index contributed by atoms with van der Waals surface area (Å²) in [6.45, 7) is 1.62. The third-order valence-electron chi connectivity index (χ3n) is 3.56. The van der Waals surface area contributed by atoms with E-state index in [1.54, 1.807) is 12.1 Å². The molecule has 114 valence electrons. The van der Waals surface area contributed by atoms with Crippen LogP contribution in [0, 0.1) is 10.1 Å². The molecule has 0 amide bonds. The van der Waals surface area contributed by atoms with Gasteiger partial charge in [0, 0.05) is 24.7 Å². The van der Waals surface area contributed by atoms with Gasteiger partial charge in [-0.05, 0) is 25.0 Å². The van der Waals surface area contributed by atoms with Gasteiger partial charge in [0.15, 0.2) is 0 Å². The van der Waals surface area contributed by atoms with Crippen LogP contribution >= 0.6 is 0 Å². The van der Waals surface area contributed by atoms with Crippen LogP contribution in [0.15, 0.2) is 18.2 Å². The van der Waals surface area contributed by atoms with Crippen LogP contribution in [-0.4, -0.2) is 48.7 Å². The Hall–Kier alpha value is -1.99. The number of nitrogens with zero attached hydrogens (tertiary/aromatic N) is 2. The average molecular weight is 294 g/mol. The number of rotatable bonds is 6. The molecule has 0 spiro atoms. The monoisotopic (exact) mass is 294 g/mol. The Morgan fingerprint density at radius 3 is 2.71 bits per heavy atom. The normalized spacial score (nSPS) is 16.0. The summed E-state index contributed by atoms with van der Waals surface area (Å²) in [5.41, 5.74) is 0.784. The van der Waals surface area contributed by atoms with Crippen LogP contribution in [0.5, 0.6) is 0 Å². The number of hydrogen-bond donors (Lipinski definition) is 1. The smallest absolute Gasteiger partial charge is 0.293 e. The van der Waals surface area contributed by atoms with E-state index >= 15 is 0 Å². The lowest BCUT2D eigenvalue weighted by molar-refractivity contribution is -0.384. The predicted molar refractivity (Wildman–Crippen MR) is 76.8 cm³/mol. The zero-order valence-electron chi connectivity index (χ0n) is 11.6. The first-order valence-corrected chi connectivity index (χ1v) is 6.86. The van der Waals surface area contributed by atoms with Crippen molar-refractivity contribution < 1.29 is 19.6 Å². The first-order valence-electron chi connectivity index (χ1n) is 6.86. The lowest BCUT2D eigenvalue weighted by Crippen LogP contribution is -2.37. The fourth-order valence-corrected chi connectivity index (χ4v) is 2.51. The number of carbonyl (C=O) groups excluding carboxylic acids is 1. The molecule has 21 heavy (non-hydrogen) atoms. The number of piperidine rings is 1. The topological polar surface area (TPSA) is 92.9 Å². The van der Waals surface area contributed by atoms with Crippen molar-refractivity contribution in [1.29, 1.82) is 0 Å². The van der Waals surface area contributed by atoms with E-state index in [1.807, 2.05) is 4.90 Å². The van der Waals surface area contributed by atoms with Crippen LogP contribution in [0.4, 0.5) is 11.4 Å². The predicted octanol–water partition coefficient (Wildman–Crippen LogP) is 1.38. The Morgan fingerprint density at radius 1 is 1.43 bits per heavy atom. The molecule has 0 radical (unpaired) electrons. The first-order chi connectivity index (χ1) is 10.2. The highest BCUT2D eigenvalue weighted by molar-refractivity contribution is 5.79. The number of anilines is 1. The Kier molecular flexibility index (Phi) is 5.24.